The highest BCUT2D eigenvalue weighted by molar-refractivity contribution is 5.98. The van der Waals surface area contributed by atoms with E-state index in [4.69, 9.17) is 5.73 Å². The summed E-state index contributed by atoms with van der Waals surface area (Å²) in [5, 5.41) is 0. The van der Waals surface area contributed by atoms with Gasteiger partial charge in [0.05, 0.1) is 11.3 Å². The van der Waals surface area contributed by atoms with Crippen molar-refractivity contribution in [1.82, 2.24) is 9.55 Å². The molecule has 2 heterocycles. The number of benzene rings is 1. The summed E-state index contributed by atoms with van der Waals surface area (Å²) >= 11 is 0. The molecule has 0 saturated heterocycles. The summed E-state index contributed by atoms with van der Waals surface area (Å²) in [6, 6.07) is 13.3. The maximum Gasteiger partial charge on any atom is 0.250 e. The molecule has 1 aromatic carbocycles. The molecule has 0 bridgehead atoms. The summed E-state index contributed by atoms with van der Waals surface area (Å²) in [6.07, 6.45) is 7.21. The number of carbonyl (C=O) groups is 1. The minimum absolute atomic E-state index is 0.440. The zero-order chi connectivity index (χ0) is 13.9. The zero-order valence-electron chi connectivity index (χ0n) is 10.7. The summed E-state index contributed by atoms with van der Waals surface area (Å²) in [5.74, 6) is -0.440. The molecule has 0 atom stereocenters. The van der Waals surface area contributed by atoms with Crippen LogP contribution in [0.1, 0.15) is 10.4 Å². The second-order valence-electron chi connectivity index (χ2n) is 4.42. The fraction of sp³-hybridized carbons (Fsp3) is 0. The van der Waals surface area contributed by atoms with Crippen LogP contribution in [0, 0.1) is 0 Å². The maximum atomic E-state index is 11.7. The molecule has 0 fully saturated rings. The highest BCUT2D eigenvalue weighted by Crippen LogP contribution is 2.24. The predicted octanol–water partition coefficient (Wildman–Crippen LogP) is 2.64. The van der Waals surface area contributed by atoms with Crippen molar-refractivity contribution < 1.29 is 4.79 Å². The molecule has 3 aromatic rings. The third-order valence-electron chi connectivity index (χ3n) is 3.16. The Bertz CT molecular complexity index is 734. The fourth-order valence-electron chi connectivity index (χ4n) is 2.18. The van der Waals surface area contributed by atoms with E-state index in [-0.39, 0.29) is 0 Å². The quantitative estimate of drug-likeness (QED) is 0.789. The number of carbonyl (C=O) groups excluding carboxylic acids is 1. The van der Waals surface area contributed by atoms with E-state index in [1.54, 1.807) is 12.4 Å². The summed E-state index contributed by atoms with van der Waals surface area (Å²) in [7, 11) is 0. The van der Waals surface area contributed by atoms with Gasteiger partial charge in [0.1, 0.15) is 0 Å². The van der Waals surface area contributed by atoms with Crippen molar-refractivity contribution in [2.24, 2.45) is 5.73 Å². The number of pyridine rings is 1. The molecule has 3 rings (SSSR count). The first-order valence-electron chi connectivity index (χ1n) is 6.23. The lowest BCUT2D eigenvalue weighted by molar-refractivity contribution is 0.100. The lowest BCUT2D eigenvalue weighted by atomic mass is 10.0. The van der Waals surface area contributed by atoms with E-state index in [1.165, 1.54) is 0 Å². The van der Waals surface area contributed by atoms with E-state index >= 15 is 0 Å². The maximum absolute atomic E-state index is 11.7. The van der Waals surface area contributed by atoms with Crippen molar-refractivity contribution >= 4 is 5.91 Å². The number of hydrogen-bond donors (Lipinski definition) is 1. The molecule has 98 valence electrons. The molecule has 2 aromatic heterocycles. The Labute approximate surface area is 116 Å². The highest BCUT2D eigenvalue weighted by atomic mass is 16.1. The molecule has 0 aliphatic carbocycles. The minimum atomic E-state index is -0.440. The fourth-order valence-corrected chi connectivity index (χ4v) is 2.18. The monoisotopic (exact) mass is 263 g/mol. The molecular formula is C16H13N3O. The second-order valence-corrected chi connectivity index (χ2v) is 4.42. The molecule has 1 amide bonds. The summed E-state index contributed by atoms with van der Waals surface area (Å²) in [6.45, 7) is 0. The van der Waals surface area contributed by atoms with Gasteiger partial charge in [0.15, 0.2) is 0 Å². The normalized spacial score (nSPS) is 10.4. The molecule has 4 heteroatoms. The summed E-state index contributed by atoms with van der Waals surface area (Å²) < 4.78 is 1.87. The van der Waals surface area contributed by atoms with Gasteiger partial charge in [0.2, 0.25) is 0 Å². The number of nitrogens with zero attached hydrogens (tertiary/aromatic N) is 2. The summed E-state index contributed by atoms with van der Waals surface area (Å²) in [5.41, 5.74) is 8.72. The Morgan fingerprint density at radius 1 is 1.00 bits per heavy atom. The standard InChI is InChI=1S/C16H13N3O/c17-16(20)14-11-13(12-5-7-18-8-6-12)3-4-15(14)19-9-1-2-10-19/h1-11H,(H2,17,20). The van der Waals surface area contributed by atoms with Crippen LogP contribution < -0.4 is 5.73 Å². The third kappa shape index (κ3) is 2.19. The van der Waals surface area contributed by atoms with Gasteiger partial charge in [0.25, 0.3) is 5.91 Å². The number of hydrogen-bond acceptors (Lipinski definition) is 2. The Morgan fingerprint density at radius 3 is 2.35 bits per heavy atom. The van der Waals surface area contributed by atoms with E-state index in [0.717, 1.165) is 16.8 Å². The second kappa shape index (κ2) is 5.01. The average molecular weight is 263 g/mol. The van der Waals surface area contributed by atoms with Crippen LogP contribution in [0.5, 0.6) is 0 Å². The number of primary amides is 1. The Morgan fingerprint density at radius 2 is 1.70 bits per heavy atom. The van der Waals surface area contributed by atoms with Gasteiger partial charge in [-0.2, -0.15) is 0 Å². The first kappa shape index (κ1) is 12.2. The molecule has 0 spiro atoms. The lowest BCUT2D eigenvalue weighted by Gasteiger charge is -2.10. The van der Waals surface area contributed by atoms with Crippen LogP contribution in [0.2, 0.25) is 0 Å². The van der Waals surface area contributed by atoms with E-state index in [2.05, 4.69) is 4.98 Å². The van der Waals surface area contributed by atoms with Crippen LogP contribution in [0.3, 0.4) is 0 Å². The van der Waals surface area contributed by atoms with E-state index in [0.29, 0.717) is 5.56 Å². The highest BCUT2D eigenvalue weighted by Gasteiger charge is 2.11. The minimum Gasteiger partial charge on any atom is -0.366 e. The van der Waals surface area contributed by atoms with Crippen LogP contribution in [-0.4, -0.2) is 15.5 Å². The van der Waals surface area contributed by atoms with Gasteiger partial charge in [-0.25, -0.2) is 0 Å². The topological polar surface area (TPSA) is 60.9 Å². The Balaban J connectivity index is 2.14. The van der Waals surface area contributed by atoms with Gasteiger partial charge in [-0.05, 0) is 47.5 Å². The number of nitrogens with two attached hydrogens (primary N) is 1. The van der Waals surface area contributed by atoms with E-state index < -0.39 is 5.91 Å². The molecule has 0 aliphatic rings. The van der Waals surface area contributed by atoms with Crippen LogP contribution in [0.15, 0.2) is 67.3 Å². The first-order chi connectivity index (χ1) is 9.75. The van der Waals surface area contributed by atoms with Crippen molar-refractivity contribution in [3.63, 3.8) is 0 Å². The van der Waals surface area contributed by atoms with Crippen molar-refractivity contribution in [3.05, 3.63) is 72.8 Å². The average Bonchev–Trinajstić information content (AvgIpc) is 3.01. The number of aromatic nitrogens is 2. The van der Waals surface area contributed by atoms with Gasteiger partial charge in [-0.15, -0.1) is 0 Å². The van der Waals surface area contributed by atoms with E-state index in [9.17, 15) is 4.79 Å². The molecule has 0 unspecified atom stereocenters. The largest absolute Gasteiger partial charge is 0.366 e. The molecule has 0 saturated carbocycles. The molecular weight excluding hydrogens is 250 g/mol. The predicted molar refractivity (Wildman–Crippen MR) is 77.5 cm³/mol. The van der Waals surface area contributed by atoms with Crippen LogP contribution in [0.4, 0.5) is 0 Å². The van der Waals surface area contributed by atoms with Gasteiger partial charge in [-0.1, -0.05) is 6.07 Å². The molecule has 0 radical (unpaired) electrons. The Hall–Kier alpha value is -2.88. The Kier molecular flexibility index (Phi) is 3.05. The molecule has 2 N–H and O–H groups in total. The van der Waals surface area contributed by atoms with Crippen LogP contribution in [0.25, 0.3) is 16.8 Å². The van der Waals surface area contributed by atoms with Gasteiger partial charge >= 0.3 is 0 Å². The SMILES string of the molecule is NC(=O)c1cc(-c2ccncc2)ccc1-n1cccc1. The first-order valence-corrected chi connectivity index (χ1v) is 6.23. The number of rotatable bonds is 3. The van der Waals surface area contributed by atoms with Gasteiger partial charge < -0.3 is 10.3 Å². The van der Waals surface area contributed by atoms with Crippen molar-refractivity contribution in [3.8, 4) is 16.8 Å². The van der Waals surface area contributed by atoms with Crippen molar-refractivity contribution in [1.29, 1.82) is 0 Å². The molecule has 4 nitrogen and oxygen atoms in total. The smallest absolute Gasteiger partial charge is 0.250 e. The van der Waals surface area contributed by atoms with Crippen LogP contribution in [-0.2, 0) is 0 Å². The van der Waals surface area contributed by atoms with Crippen molar-refractivity contribution in [2.75, 3.05) is 0 Å². The van der Waals surface area contributed by atoms with Crippen molar-refractivity contribution in [2.45, 2.75) is 0 Å². The third-order valence-corrected chi connectivity index (χ3v) is 3.16. The van der Waals surface area contributed by atoms with E-state index in [1.807, 2.05) is 59.4 Å². The van der Waals surface area contributed by atoms with Gasteiger partial charge in [0, 0.05) is 24.8 Å². The van der Waals surface area contributed by atoms with Crippen LogP contribution >= 0.6 is 0 Å². The number of amides is 1. The summed E-state index contributed by atoms with van der Waals surface area (Å²) in [4.78, 5) is 15.7. The lowest BCUT2D eigenvalue weighted by Crippen LogP contribution is -2.14. The molecule has 0 aliphatic heterocycles. The zero-order valence-corrected chi connectivity index (χ0v) is 10.7. The van der Waals surface area contributed by atoms with Gasteiger partial charge in [-0.3, -0.25) is 9.78 Å². The molecule has 20 heavy (non-hydrogen) atoms.